The summed E-state index contributed by atoms with van der Waals surface area (Å²) in [5.74, 6) is 1.40. The number of likely N-dealkylation sites (N-methyl/N-ethyl adjacent to an activating group) is 1. The second-order valence-corrected chi connectivity index (χ2v) is 7.84. The number of anilines is 3. The summed E-state index contributed by atoms with van der Waals surface area (Å²) < 4.78 is 1.86. The molecule has 30 heavy (non-hydrogen) atoms. The molecule has 2 N–H and O–H groups in total. The topological polar surface area (TPSA) is 101 Å². The van der Waals surface area contributed by atoms with Crippen molar-refractivity contribution in [3.05, 3.63) is 53.7 Å². The first kappa shape index (κ1) is 19.8. The van der Waals surface area contributed by atoms with Gasteiger partial charge in [0.05, 0.1) is 24.1 Å². The lowest BCUT2D eigenvalue weighted by Crippen LogP contribution is -2.49. The van der Waals surface area contributed by atoms with Crippen molar-refractivity contribution in [1.29, 1.82) is 0 Å². The van der Waals surface area contributed by atoms with E-state index in [0.29, 0.717) is 24.7 Å². The van der Waals surface area contributed by atoms with E-state index in [1.165, 1.54) is 0 Å². The Labute approximate surface area is 175 Å². The zero-order valence-corrected chi connectivity index (χ0v) is 17.6. The monoisotopic (exact) mass is 406 g/mol. The van der Waals surface area contributed by atoms with Gasteiger partial charge in [-0.05, 0) is 25.0 Å². The number of carbonyl (C=O) groups is 1. The number of nitrogens with one attached hydrogen (secondary N) is 2. The molecule has 1 unspecified atom stereocenters. The maximum Gasteiger partial charge on any atom is 0.247 e. The Balaban J connectivity index is 1.47. The van der Waals surface area contributed by atoms with E-state index < -0.39 is 0 Å². The molecular weight excluding hydrogens is 380 g/mol. The molecule has 1 aliphatic rings. The van der Waals surface area contributed by atoms with Gasteiger partial charge in [0.25, 0.3) is 0 Å². The first-order chi connectivity index (χ1) is 14.4. The molecule has 3 aromatic rings. The van der Waals surface area contributed by atoms with Crippen LogP contribution in [0.3, 0.4) is 0 Å². The largest absolute Gasteiger partial charge is 0.350 e. The van der Waals surface area contributed by atoms with Gasteiger partial charge in [0.2, 0.25) is 11.9 Å². The summed E-state index contributed by atoms with van der Waals surface area (Å²) in [5, 5.41) is 10.6. The number of pyridine rings is 1. The van der Waals surface area contributed by atoms with Gasteiger partial charge in [-0.2, -0.15) is 10.1 Å². The van der Waals surface area contributed by atoms with Crippen molar-refractivity contribution in [2.24, 2.45) is 5.92 Å². The summed E-state index contributed by atoms with van der Waals surface area (Å²) in [5.41, 5.74) is 3.38. The third kappa shape index (κ3) is 3.96. The third-order valence-electron chi connectivity index (χ3n) is 5.16. The molecule has 0 saturated heterocycles. The van der Waals surface area contributed by atoms with Crippen LogP contribution >= 0.6 is 0 Å². The van der Waals surface area contributed by atoms with Crippen molar-refractivity contribution in [3.8, 4) is 0 Å². The molecule has 9 nitrogen and oxygen atoms in total. The van der Waals surface area contributed by atoms with E-state index in [1.54, 1.807) is 6.20 Å². The number of hydrogen-bond donors (Lipinski definition) is 2. The Morgan fingerprint density at radius 2 is 2.10 bits per heavy atom. The molecule has 0 aromatic carbocycles. The quantitative estimate of drug-likeness (QED) is 0.648. The molecule has 156 valence electrons. The number of fused-ring (bicyclic) bond motifs is 1. The Morgan fingerprint density at radius 3 is 2.83 bits per heavy atom. The first-order valence-electron chi connectivity index (χ1n) is 10.00. The molecule has 0 bridgehead atoms. The lowest BCUT2D eigenvalue weighted by atomic mass is 9.99. The lowest BCUT2D eigenvalue weighted by molar-refractivity contribution is -0.118. The highest BCUT2D eigenvalue weighted by molar-refractivity contribution is 6.03. The van der Waals surface area contributed by atoms with Crippen LogP contribution in [0.15, 0.2) is 36.8 Å². The Hall–Kier alpha value is -3.49. The molecule has 3 aromatic heterocycles. The maximum absolute atomic E-state index is 12.5. The molecule has 9 heteroatoms. The molecule has 4 heterocycles. The highest BCUT2D eigenvalue weighted by atomic mass is 16.2. The highest BCUT2D eigenvalue weighted by Gasteiger charge is 2.35. The molecule has 0 radical (unpaired) electrons. The van der Waals surface area contributed by atoms with E-state index in [4.69, 9.17) is 0 Å². The minimum absolute atomic E-state index is 0.0206. The maximum atomic E-state index is 12.5. The lowest BCUT2D eigenvalue weighted by Gasteiger charge is -2.36. The minimum Gasteiger partial charge on any atom is -0.350 e. The van der Waals surface area contributed by atoms with Gasteiger partial charge in [-0.15, -0.1) is 0 Å². The first-order valence-corrected chi connectivity index (χ1v) is 10.00. The molecule has 0 aliphatic carbocycles. The second kappa shape index (κ2) is 8.10. The van der Waals surface area contributed by atoms with Crippen LogP contribution in [0.5, 0.6) is 0 Å². The van der Waals surface area contributed by atoms with Gasteiger partial charge in [-0.3, -0.25) is 14.5 Å². The van der Waals surface area contributed by atoms with Crippen molar-refractivity contribution in [1.82, 2.24) is 24.7 Å². The van der Waals surface area contributed by atoms with Crippen LogP contribution in [0.2, 0.25) is 0 Å². The zero-order chi connectivity index (χ0) is 21.3. The van der Waals surface area contributed by atoms with Crippen LogP contribution in [0.25, 0.3) is 0 Å². The number of nitrogens with zero attached hydrogens (tertiary/aromatic N) is 6. The van der Waals surface area contributed by atoms with Gasteiger partial charge in [-0.25, -0.2) is 4.98 Å². The van der Waals surface area contributed by atoms with Crippen LogP contribution in [-0.4, -0.2) is 43.7 Å². The van der Waals surface area contributed by atoms with E-state index in [0.717, 1.165) is 22.8 Å². The van der Waals surface area contributed by atoms with Gasteiger partial charge in [0.1, 0.15) is 11.7 Å². The molecule has 1 amide bonds. The van der Waals surface area contributed by atoms with Crippen molar-refractivity contribution in [2.45, 2.75) is 39.9 Å². The Morgan fingerprint density at radius 1 is 1.27 bits per heavy atom. The van der Waals surface area contributed by atoms with Crippen LogP contribution in [0.4, 0.5) is 17.5 Å². The summed E-state index contributed by atoms with van der Waals surface area (Å²) in [6.45, 7) is 7.10. The average molecular weight is 406 g/mol. The fourth-order valence-electron chi connectivity index (χ4n) is 3.72. The molecule has 1 atom stereocenters. The van der Waals surface area contributed by atoms with Gasteiger partial charge >= 0.3 is 0 Å². The number of carbonyl (C=O) groups excluding carboxylic acids is 1. The average Bonchev–Trinajstić information content (AvgIpc) is 3.15. The molecule has 1 aliphatic heterocycles. The van der Waals surface area contributed by atoms with Crippen LogP contribution in [-0.2, 0) is 17.9 Å². The number of hydrogen-bond acceptors (Lipinski definition) is 7. The third-order valence-corrected chi connectivity index (χ3v) is 5.16. The second-order valence-electron chi connectivity index (χ2n) is 7.84. The SMILES string of the molecule is Cc1nc(NCc2cnn(Cc3ccccn3)c2)nc2c1NC(=O)C(C(C)C)N2C. The fraction of sp³-hybridized carbons (Fsp3) is 0.381. The normalized spacial score (nSPS) is 15.8. The summed E-state index contributed by atoms with van der Waals surface area (Å²) >= 11 is 0. The van der Waals surface area contributed by atoms with Crippen LogP contribution < -0.4 is 15.5 Å². The Bertz CT molecular complexity index is 1050. The van der Waals surface area contributed by atoms with Gasteiger partial charge in [-0.1, -0.05) is 19.9 Å². The molecule has 0 saturated carbocycles. The van der Waals surface area contributed by atoms with E-state index >= 15 is 0 Å². The van der Waals surface area contributed by atoms with Crippen molar-refractivity contribution < 1.29 is 4.79 Å². The Kier molecular flexibility index (Phi) is 5.35. The smallest absolute Gasteiger partial charge is 0.247 e. The summed E-state index contributed by atoms with van der Waals surface area (Å²) in [6.07, 6.45) is 5.58. The number of aryl methyl sites for hydroxylation is 1. The summed E-state index contributed by atoms with van der Waals surface area (Å²) in [7, 11) is 1.90. The highest BCUT2D eigenvalue weighted by Crippen LogP contribution is 2.34. The van der Waals surface area contributed by atoms with Gasteiger partial charge in [0, 0.05) is 31.5 Å². The van der Waals surface area contributed by atoms with E-state index in [1.807, 2.05) is 68.0 Å². The number of rotatable bonds is 6. The molecule has 4 rings (SSSR count). The molecule has 0 spiro atoms. The summed E-state index contributed by atoms with van der Waals surface area (Å²) in [6, 6.07) is 5.58. The van der Waals surface area contributed by atoms with Crippen LogP contribution in [0.1, 0.15) is 30.8 Å². The van der Waals surface area contributed by atoms with Crippen LogP contribution in [0, 0.1) is 12.8 Å². The predicted molar refractivity (Wildman–Crippen MR) is 115 cm³/mol. The standard InChI is InChI=1S/C21H26N8O/c1-13(2)18-20(30)26-17-14(3)25-21(27-19(17)28(18)4)23-9-15-10-24-29(11-15)12-16-7-5-6-8-22-16/h5-8,10-11,13,18H,9,12H2,1-4H3,(H,26,30)(H,23,25,27). The summed E-state index contributed by atoms with van der Waals surface area (Å²) in [4.78, 5) is 27.9. The number of amides is 1. The zero-order valence-electron chi connectivity index (χ0n) is 17.6. The fourth-order valence-corrected chi connectivity index (χ4v) is 3.72. The minimum atomic E-state index is -0.260. The molecule has 0 fully saturated rings. The van der Waals surface area contributed by atoms with E-state index in [9.17, 15) is 4.79 Å². The van der Waals surface area contributed by atoms with Crippen molar-refractivity contribution in [2.75, 3.05) is 22.6 Å². The number of aromatic nitrogens is 5. The van der Waals surface area contributed by atoms with Crippen molar-refractivity contribution >= 4 is 23.4 Å². The van der Waals surface area contributed by atoms with E-state index in [-0.39, 0.29) is 17.9 Å². The van der Waals surface area contributed by atoms with Gasteiger partial charge < -0.3 is 15.5 Å². The molecular formula is C21H26N8O. The van der Waals surface area contributed by atoms with E-state index in [2.05, 4.69) is 30.7 Å². The van der Waals surface area contributed by atoms with Crippen molar-refractivity contribution in [3.63, 3.8) is 0 Å². The van der Waals surface area contributed by atoms with Gasteiger partial charge in [0.15, 0.2) is 5.82 Å². The predicted octanol–water partition coefficient (Wildman–Crippen LogP) is 2.45.